The highest BCUT2D eigenvalue weighted by molar-refractivity contribution is 7.08. The molecule has 72 valence electrons. The van der Waals surface area contributed by atoms with E-state index in [1.807, 2.05) is 0 Å². The summed E-state index contributed by atoms with van der Waals surface area (Å²) < 4.78 is 0. The molecule has 0 saturated heterocycles. The van der Waals surface area contributed by atoms with E-state index < -0.39 is 0 Å². The number of rotatable bonds is 2. The fourth-order valence-electron chi connectivity index (χ4n) is 1.49. The zero-order valence-corrected chi connectivity index (χ0v) is 9.34. The molecule has 1 heteroatoms. The number of thiophene rings is 1. The van der Waals surface area contributed by atoms with Crippen molar-refractivity contribution in [1.29, 1.82) is 0 Å². The predicted molar refractivity (Wildman–Crippen MR) is 63.8 cm³/mol. The maximum absolute atomic E-state index is 2.22. The summed E-state index contributed by atoms with van der Waals surface area (Å²) >= 11 is 1.74. The van der Waals surface area contributed by atoms with E-state index in [-0.39, 0.29) is 0 Å². The van der Waals surface area contributed by atoms with Crippen molar-refractivity contribution in [2.75, 3.05) is 0 Å². The van der Waals surface area contributed by atoms with Gasteiger partial charge in [0.05, 0.1) is 0 Å². The zero-order valence-electron chi connectivity index (χ0n) is 8.53. The van der Waals surface area contributed by atoms with Crippen molar-refractivity contribution < 1.29 is 0 Å². The Morgan fingerprint density at radius 2 is 1.64 bits per heavy atom. The third kappa shape index (κ3) is 1.88. The van der Waals surface area contributed by atoms with Gasteiger partial charge in [-0.15, -0.1) is 0 Å². The lowest BCUT2D eigenvalue weighted by molar-refractivity contribution is 0.867. The van der Waals surface area contributed by atoms with Gasteiger partial charge in [0, 0.05) is 0 Å². The van der Waals surface area contributed by atoms with E-state index in [1.165, 1.54) is 16.7 Å². The van der Waals surface area contributed by atoms with Crippen LogP contribution >= 0.6 is 11.3 Å². The van der Waals surface area contributed by atoms with Gasteiger partial charge in [0.15, 0.2) is 0 Å². The fraction of sp³-hybridized carbons (Fsp3) is 0.231. The van der Waals surface area contributed by atoms with Crippen molar-refractivity contribution in [3.63, 3.8) is 0 Å². The molecule has 0 aliphatic rings. The van der Waals surface area contributed by atoms with Crippen molar-refractivity contribution >= 4 is 11.3 Å². The van der Waals surface area contributed by atoms with Gasteiger partial charge in [-0.3, -0.25) is 0 Å². The van der Waals surface area contributed by atoms with E-state index in [1.54, 1.807) is 11.3 Å². The first-order valence-corrected chi connectivity index (χ1v) is 5.84. The smallest absolute Gasteiger partial charge is 0.00147 e. The van der Waals surface area contributed by atoms with E-state index in [0.717, 1.165) is 0 Å². The maximum atomic E-state index is 2.22. The average molecular weight is 202 g/mol. The Hall–Kier alpha value is -1.08. The minimum Gasteiger partial charge on any atom is -0.152 e. The lowest BCUT2D eigenvalue weighted by Gasteiger charge is -2.05. The molecule has 0 nitrogen and oxygen atoms in total. The molecule has 1 aromatic carbocycles. The van der Waals surface area contributed by atoms with Crippen LogP contribution in [0.3, 0.4) is 0 Å². The minimum absolute atomic E-state index is 0.617. The summed E-state index contributed by atoms with van der Waals surface area (Å²) in [5.74, 6) is 0.617. The van der Waals surface area contributed by atoms with Crippen LogP contribution in [0.5, 0.6) is 0 Å². The van der Waals surface area contributed by atoms with Crippen molar-refractivity contribution in [3.05, 3.63) is 46.7 Å². The molecule has 2 rings (SSSR count). The Morgan fingerprint density at radius 3 is 2.14 bits per heavy atom. The molecule has 0 atom stereocenters. The van der Waals surface area contributed by atoms with Gasteiger partial charge < -0.3 is 0 Å². The molecule has 1 heterocycles. The van der Waals surface area contributed by atoms with E-state index in [2.05, 4.69) is 54.9 Å². The molecule has 1 aromatic heterocycles. The maximum Gasteiger partial charge on any atom is -0.00147 e. The van der Waals surface area contributed by atoms with Gasteiger partial charge in [-0.2, -0.15) is 11.3 Å². The number of hydrogen-bond acceptors (Lipinski definition) is 1. The largest absolute Gasteiger partial charge is 0.152 e. The van der Waals surface area contributed by atoms with Crippen LogP contribution in [-0.4, -0.2) is 0 Å². The quantitative estimate of drug-likeness (QED) is 0.670. The minimum atomic E-state index is 0.617. The Bertz CT molecular complexity index is 382. The Labute approximate surface area is 89.2 Å². The van der Waals surface area contributed by atoms with Crippen LogP contribution in [0, 0.1) is 0 Å². The van der Waals surface area contributed by atoms with Crippen molar-refractivity contribution in [1.82, 2.24) is 0 Å². The standard InChI is InChI=1S/C13H14S/c1-10(2)11-3-5-12(6-4-11)13-7-8-14-9-13/h3-10H,1-2H3. The van der Waals surface area contributed by atoms with E-state index in [9.17, 15) is 0 Å². The van der Waals surface area contributed by atoms with Crippen LogP contribution in [0.2, 0.25) is 0 Å². The van der Waals surface area contributed by atoms with E-state index >= 15 is 0 Å². The summed E-state index contributed by atoms with van der Waals surface area (Å²) in [5, 5.41) is 4.30. The molecule has 0 saturated carbocycles. The molecule has 0 radical (unpaired) electrons. The van der Waals surface area contributed by atoms with Gasteiger partial charge in [-0.05, 0) is 39.4 Å². The van der Waals surface area contributed by atoms with Crippen molar-refractivity contribution in [3.8, 4) is 11.1 Å². The molecule has 0 fully saturated rings. The zero-order chi connectivity index (χ0) is 9.97. The SMILES string of the molecule is CC(C)c1ccc(-c2ccsc2)cc1. The summed E-state index contributed by atoms with van der Waals surface area (Å²) in [6, 6.07) is 11.0. The first kappa shape index (κ1) is 9.47. The summed E-state index contributed by atoms with van der Waals surface area (Å²) in [4.78, 5) is 0. The summed E-state index contributed by atoms with van der Waals surface area (Å²) in [6.45, 7) is 4.44. The van der Waals surface area contributed by atoms with Crippen molar-refractivity contribution in [2.24, 2.45) is 0 Å². The van der Waals surface area contributed by atoms with E-state index in [0.29, 0.717) is 5.92 Å². The van der Waals surface area contributed by atoms with Crippen LogP contribution in [-0.2, 0) is 0 Å². The second kappa shape index (κ2) is 3.97. The van der Waals surface area contributed by atoms with Gasteiger partial charge in [0.25, 0.3) is 0 Å². The Balaban J connectivity index is 2.31. The first-order chi connectivity index (χ1) is 6.77. The van der Waals surface area contributed by atoms with Gasteiger partial charge >= 0.3 is 0 Å². The average Bonchev–Trinajstić information content (AvgIpc) is 2.71. The molecule has 0 N–H and O–H groups in total. The van der Waals surface area contributed by atoms with Crippen molar-refractivity contribution in [2.45, 2.75) is 19.8 Å². The molecule has 0 aliphatic heterocycles. The lowest BCUT2D eigenvalue weighted by atomic mass is 10.0. The van der Waals surface area contributed by atoms with Crippen LogP contribution < -0.4 is 0 Å². The number of hydrogen-bond donors (Lipinski definition) is 0. The molecular formula is C13H14S. The summed E-state index contributed by atoms with van der Waals surface area (Å²) in [6.07, 6.45) is 0. The highest BCUT2D eigenvalue weighted by Crippen LogP contribution is 2.24. The third-order valence-corrected chi connectivity index (χ3v) is 3.12. The molecule has 0 amide bonds. The molecule has 14 heavy (non-hydrogen) atoms. The van der Waals surface area contributed by atoms with Crippen LogP contribution in [0.4, 0.5) is 0 Å². The van der Waals surface area contributed by atoms with Crippen LogP contribution in [0.15, 0.2) is 41.1 Å². The molecule has 0 aliphatic carbocycles. The van der Waals surface area contributed by atoms with Crippen LogP contribution in [0.1, 0.15) is 25.3 Å². The van der Waals surface area contributed by atoms with Gasteiger partial charge in [-0.1, -0.05) is 38.1 Å². The highest BCUT2D eigenvalue weighted by Gasteiger charge is 2.00. The second-order valence-electron chi connectivity index (χ2n) is 3.79. The van der Waals surface area contributed by atoms with Gasteiger partial charge in [0.2, 0.25) is 0 Å². The summed E-state index contributed by atoms with van der Waals surface area (Å²) in [5.41, 5.74) is 4.05. The third-order valence-electron chi connectivity index (χ3n) is 2.43. The topological polar surface area (TPSA) is 0 Å². The molecule has 2 aromatic rings. The molecular weight excluding hydrogens is 188 g/mol. The fourth-order valence-corrected chi connectivity index (χ4v) is 2.15. The highest BCUT2D eigenvalue weighted by atomic mass is 32.1. The normalized spacial score (nSPS) is 10.8. The number of benzene rings is 1. The molecule has 0 bridgehead atoms. The lowest BCUT2D eigenvalue weighted by Crippen LogP contribution is -1.85. The van der Waals surface area contributed by atoms with E-state index in [4.69, 9.17) is 0 Å². The van der Waals surface area contributed by atoms with Gasteiger partial charge in [0.1, 0.15) is 0 Å². The Morgan fingerprint density at radius 1 is 0.929 bits per heavy atom. The monoisotopic (exact) mass is 202 g/mol. The molecule has 0 unspecified atom stereocenters. The summed E-state index contributed by atoms with van der Waals surface area (Å²) in [7, 11) is 0. The predicted octanol–water partition coefficient (Wildman–Crippen LogP) is 4.54. The molecule has 0 spiro atoms. The Kier molecular flexibility index (Phi) is 2.69. The second-order valence-corrected chi connectivity index (χ2v) is 4.57. The van der Waals surface area contributed by atoms with Gasteiger partial charge in [-0.25, -0.2) is 0 Å². The first-order valence-electron chi connectivity index (χ1n) is 4.90. The van der Waals surface area contributed by atoms with Crippen LogP contribution in [0.25, 0.3) is 11.1 Å².